The summed E-state index contributed by atoms with van der Waals surface area (Å²) in [6.07, 6.45) is 2.97. The summed E-state index contributed by atoms with van der Waals surface area (Å²) in [5.41, 5.74) is 0.240. The van der Waals surface area contributed by atoms with E-state index in [1.165, 1.54) is 4.90 Å². The van der Waals surface area contributed by atoms with Crippen molar-refractivity contribution in [2.45, 2.75) is 45.7 Å². The summed E-state index contributed by atoms with van der Waals surface area (Å²) >= 11 is 0. The van der Waals surface area contributed by atoms with Gasteiger partial charge in [-0.15, -0.1) is 24.0 Å². The fraction of sp³-hybridized carbons (Fsp3) is 0.647. The predicted molar refractivity (Wildman–Crippen MR) is 115 cm³/mol. The molecule has 1 unspecified atom stereocenters. The van der Waals surface area contributed by atoms with Gasteiger partial charge < -0.3 is 16.0 Å². The van der Waals surface area contributed by atoms with Crippen LogP contribution in [0.25, 0.3) is 0 Å². The third kappa shape index (κ3) is 5.81. The van der Waals surface area contributed by atoms with Crippen LogP contribution in [0.3, 0.4) is 0 Å². The van der Waals surface area contributed by atoms with E-state index in [-0.39, 0.29) is 35.9 Å². The van der Waals surface area contributed by atoms with E-state index < -0.39 is 5.54 Å². The zero-order valence-electron chi connectivity index (χ0n) is 16.4. The molecule has 27 heavy (non-hydrogen) atoms. The van der Waals surface area contributed by atoms with E-state index in [0.717, 1.165) is 12.2 Å². The van der Waals surface area contributed by atoms with Crippen LogP contribution < -0.4 is 16.0 Å². The van der Waals surface area contributed by atoms with Gasteiger partial charge in [0.1, 0.15) is 5.54 Å². The number of aryl methyl sites for hydroxylation is 1. The fourth-order valence-electron chi connectivity index (χ4n) is 2.69. The standard InChI is InChI=1S/C17H29N7O2.HI/c1-5-17(3)14(25)24(16(26)22-17)11-7-9-19-15(18-6-2)20-12-13-8-10-21-23(13)4;/h8,10H,5-7,9,11-12H2,1-4H3,(H,22,26)(H2,18,19,20);1H. The van der Waals surface area contributed by atoms with Crippen molar-refractivity contribution in [2.24, 2.45) is 12.0 Å². The smallest absolute Gasteiger partial charge is 0.325 e. The summed E-state index contributed by atoms with van der Waals surface area (Å²) in [6.45, 7) is 7.92. The highest BCUT2D eigenvalue weighted by atomic mass is 127. The minimum absolute atomic E-state index is 0. The molecule has 0 radical (unpaired) electrons. The average molecular weight is 491 g/mol. The van der Waals surface area contributed by atoms with E-state index in [4.69, 9.17) is 0 Å². The molecule has 1 saturated heterocycles. The maximum atomic E-state index is 12.3. The summed E-state index contributed by atoms with van der Waals surface area (Å²) in [5, 5.41) is 13.3. The van der Waals surface area contributed by atoms with Gasteiger partial charge in [0, 0.05) is 32.9 Å². The van der Waals surface area contributed by atoms with E-state index in [0.29, 0.717) is 38.4 Å². The van der Waals surface area contributed by atoms with Crippen LogP contribution in [0.2, 0.25) is 0 Å². The summed E-state index contributed by atoms with van der Waals surface area (Å²) in [4.78, 5) is 30.2. The van der Waals surface area contributed by atoms with Crippen molar-refractivity contribution in [3.05, 3.63) is 18.0 Å². The van der Waals surface area contributed by atoms with Crippen LogP contribution in [-0.4, -0.2) is 57.8 Å². The molecule has 0 aromatic carbocycles. The Bertz CT molecular complexity index is 676. The lowest BCUT2D eigenvalue weighted by Crippen LogP contribution is -2.43. The number of amides is 3. The topological polar surface area (TPSA) is 104 Å². The maximum absolute atomic E-state index is 12.3. The SMILES string of the molecule is CCNC(=NCc1ccnn1C)NCCCN1C(=O)NC(C)(CC)C1=O.I. The normalized spacial score (nSPS) is 19.7. The van der Waals surface area contributed by atoms with E-state index in [1.54, 1.807) is 17.8 Å². The first kappa shape index (κ1) is 23.2. The molecule has 1 fully saturated rings. The highest BCUT2D eigenvalue weighted by Gasteiger charge is 2.45. The van der Waals surface area contributed by atoms with Gasteiger partial charge in [-0.1, -0.05) is 6.92 Å². The highest BCUT2D eigenvalue weighted by Crippen LogP contribution is 2.20. The van der Waals surface area contributed by atoms with Crippen LogP contribution in [0, 0.1) is 0 Å². The number of nitrogens with zero attached hydrogens (tertiary/aromatic N) is 4. The number of halogens is 1. The molecule has 1 aliphatic rings. The Morgan fingerprint density at radius 1 is 1.33 bits per heavy atom. The van der Waals surface area contributed by atoms with Gasteiger partial charge in [-0.3, -0.25) is 14.4 Å². The van der Waals surface area contributed by atoms with Gasteiger partial charge in [0.25, 0.3) is 5.91 Å². The molecular weight excluding hydrogens is 461 g/mol. The minimum Gasteiger partial charge on any atom is -0.357 e. The number of hydrogen-bond acceptors (Lipinski definition) is 4. The highest BCUT2D eigenvalue weighted by molar-refractivity contribution is 14.0. The first-order valence-electron chi connectivity index (χ1n) is 9.04. The monoisotopic (exact) mass is 491 g/mol. The van der Waals surface area contributed by atoms with Crippen LogP contribution in [-0.2, 0) is 18.4 Å². The zero-order chi connectivity index (χ0) is 19.2. The van der Waals surface area contributed by atoms with Crippen LogP contribution in [0.4, 0.5) is 4.79 Å². The Balaban J connectivity index is 0.00000364. The molecule has 9 nitrogen and oxygen atoms in total. The first-order valence-corrected chi connectivity index (χ1v) is 9.04. The van der Waals surface area contributed by atoms with Crippen molar-refractivity contribution in [2.75, 3.05) is 19.6 Å². The third-order valence-corrected chi connectivity index (χ3v) is 4.57. The molecule has 1 aromatic rings. The Morgan fingerprint density at radius 2 is 2.07 bits per heavy atom. The maximum Gasteiger partial charge on any atom is 0.325 e. The summed E-state index contributed by atoms with van der Waals surface area (Å²) in [7, 11) is 1.88. The van der Waals surface area contributed by atoms with Crippen LogP contribution >= 0.6 is 24.0 Å². The van der Waals surface area contributed by atoms with Crippen LogP contribution in [0.1, 0.15) is 39.3 Å². The molecule has 0 saturated carbocycles. The minimum atomic E-state index is -0.774. The number of aliphatic imine (C=N–C) groups is 1. The predicted octanol–water partition coefficient (Wildman–Crippen LogP) is 1.20. The summed E-state index contributed by atoms with van der Waals surface area (Å²) < 4.78 is 1.79. The number of imide groups is 1. The van der Waals surface area contributed by atoms with Gasteiger partial charge in [0.05, 0.1) is 12.2 Å². The molecule has 10 heteroatoms. The van der Waals surface area contributed by atoms with Crippen molar-refractivity contribution < 1.29 is 9.59 Å². The largest absolute Gasteiger partial charge is 0.357 e. The number of aromatic nitrogens is 2. The number of hydrogen-bond donors (Lipinski definition) is 3. The lowest BCUT2D eigenvalue weighted by Gasteiger charge is -2.19. The van der Waals surface area contributed by atoms with E-state index in [9.17, 15) is 9.59 Å². The third-order valence-electron chi connectivity index (χ3n) is 4.57. The molecule has 0 spiro atoms. The molecule has 0 aliphatic carbocycles. The van der Waals surface area contributed by atoms with Gasteiger partial charge in [-0.05, 0) is 32.8 Å². The summed E-state index contributed by atoms with van der Waals surface area (Å²) in [6, 6.07) is 1.62. The molecule has 1 atom stereocenters. The zero-order valence-corrected chi connectivity index (χ0v) is 18.7. The van der Waals surface area contributed by atoms with Crippen LogP contribution in [0.5, 0.6) is 0 Å². The molecular formula is C17H30IN7O2. The van der Waals surface area contributed by atoms with Crippen molar-refractivity contribution >= 4 is 41.9 Å². The number of rotatable bonds is 8. The van der Waals surface area contributed by atoms with E-state index >= 15 is 0 Å². The molecule has 1 aromatic heterocycles. The van der Waals surface area contributed by atoms with E-state index in [2.05, 4.69) is 26.0 Å². The average Bonchev–Trinajstić information content (AvgIpc) is 3.12. The first-order chi connectivity index (χ1) is 12.4. The second-order valence-electron chi connectivity index (χ2n) is 6.49. The van der Waals surface area contributed by atoms with Gasteiger partial charge >= 0.3 is 6.03 Å². The second-order valence-corrected chi connectivity index (χ2v) is 6.49. The molecule has 2 rings (SSSR count). The van der Waals surface area contributed by atoms with Crippen molar-refractivity contribution in [3.8, 4) is 0 Å². The molecule has 0 bridgehead atoms. The molecule has 1 aliphatic heterocycles. The Hall–Kier alpha value is -1.85. The number of carbonyl (C=O) groups is 2. The molecule has 152 valence electrons. The molecule has 3 N–H and O–H groups in total. The van der Waals surface area contributed by atoms with Crippen molar-refractivity contribution in [1.82, 2.24) is 30.6 Å². The second kappa shape index (κ2) is 10.5. The number of carbonyl (C=O) groups excluding carboxylic acids is 2. The Labute approximate surface area is 177 Å². The lowest BCUT2D eigenvalue weighted by atomic mass is 9.99. The molecule has 2 heterocycles. The van der Waals surface area contributed by atoms with Gasteiger partial charge in [0.2, 0.25) is 0 Å². The number of urea groups is 1. The lowest BCUT2D eigenvalue weighted by molar-refractivity contribution is -0.130. The number of guanidine groups is 1. The fourth-order valence-corrected chi connectivity index (χ4v) is 2.69. The Kier molecular flexibility index (Phi) is 9.00. The molecule has 3 amide bonds. The quantitative estimate of drug-likeness (QED) is 0.167. The Morgan fingerprint density at radius 3 is 2.63 bits per heavy atom. The van der Waals surface area contributed by atoms with Crippen molar-refractivity contribution in [3.63, 3.8) is 0 Å². The number of nitrogens with one attached hydrogen (secondary N) is 3. The van der Waals surface area contributed by atoms with Gasteiger partial charge in [-0.2, -0.15) is 5.10 Å². The van der Waals surface area contributed by atoms with Crippen molar-refractivity contribution in [1.29, 1.82) is 0 Å². The van der Waals surface area contributed by atoms with Gasteiger partial charge in [-0.25, -0.2) is 9.79 Å². The van der Waals surface area contributed by atoms with Crippen LogP contribution in [0.15, 0.2) is 17.3 Å². The summed E-state index contributed by atoms with van der Waals surface area (Å²) in [5.74, 6) is 0.547. The van der Waals surface area contributed by atoms with E-state index in [1.807, 2.05) is 27.0 Å². The van der Waals surface area contributed by atoms with Gasteiger partial charge in [0.15, 0.2) is 5.96 Å².